The molecule has 0 saturated heterocycles. The van der Waals surface area contributed by atoms with Gasteiger partial charge in [0.15, 0.2) is 0 Å². The quantitative estimate of drug-likeness (QED) is 0.800. The van der Waals surface area contributed by atoms with Crippen molar-refractivity contribution in [3.05, 3.63) is 52.0 Å². The fourth-order valence-corrected chi connectivity index (χ4v) is 2.71. The number of hydrogen-bond acceptors (Lipinski definition) is 3. The van der Waals surface area contributed by atoms with Gasteiger partial charge in [-0.05, 0) is 31.4 Å². The third kappa shape index (κ3) is 3.65. The molecule has 0 amide bonds. The fourth-order valence-electron chi connectivity index (χ4n) is 1.96. The highest BCUT2D eigenvalue weighted by molar-refractivity contribution is 7.09. The fraction of sp³-hybridized carbons (Fsp3) is 0.400. The molecule has 0 aliphatic carbocycles. The van der Waals surface area contributed by atoms with Gasteiger partial charge in [-0.1, -0.05) is 37.3 Å². The van der Waals surface area contributed by atoms with E-state index in [1.165, 1.54) is 16.9 Å². The Balaban J connectivity index is 1.71. The molecule has 1 aromatic carbocycles. The zero-order valence-electron chi connectivity index (χ0n) is 11.0. The van der Waals surface area contributed by atoms with Crippen LogP contribution < -0.4 is 5.32 Å². The molecule has 1 N–H and O–H groups in total. The second kappa shape index (κ2) is 6.66. The van der Waals surface area contributed by atoms with Crippen molar-refractivity contribution < 1.29 is 0 Å². The largest absolute Gasteiger partial charge is 0.312 e. The van der Waals surface area contributed by atoms with Crippen molar-refractivity contribution in [2.45, 2.75) is 32.7 Å². The number of aromatic nitrogens is 1. The second-order valence-corrected chi connectivity index (χ2v) is 5.58. The molecule has 1 atom stereocenters. The molecule has 0 saturated carbocycles. The molecule has 0 bridgehead atoms. The van der Waals surface area contributed by atoms with Crippen LogP contribution in [0.4, 0.5) is 0 Å². The summed E-state index contributed by atoms with van der Waals surface area (Å²) >= 11 is 1.73. The van der Waals surface area contributed by atoms with Crippen LogP contribution in [0.25, 0.3) is 0 Å². The van der Waals surface area contributed by atoms with E-state index in [-0.39, 0.29) is 0 Å². The molecule has 0 radical (unpaired) electrons. The van der Waals surface area contributed by atoms with Gasteiger partial charge in [0, 0.05) is 11.4 Å². The first-order valence-corrected chi connectivity index (χ1v) is 7.30. The third-order valence-electron chi connectivity index (χ3n) is 3.25. The smallest absolute Gasteiger partial charge is 0.0798 e. The molecule has 18 heavy (non-hydrogen) atoms. The predicted molar refractivity (Wildman–Crippen MR) is 78.0 cm³/mol. The Kier molecular flexibility index (Phi) is 4.90. The Morgan fingerprint density at radius 1 is 1.28 bits per heavy atom. The second-order valence-electron chi connectivity index (χ2n) is 4.64. The van der Waals surface area contributed by atoms with Gasteiger partial charge in [-0.15, -0.1) is 11.3 Å². The van der Waals surface area contributed by atoms with E-state index in [1.807, 2.05) is 5.51 Å². The lowest BCUT2D eigenvalue weighted by Gasteiger charge is -2.12. The lowest BCUT2D eigenvalue weighted by molar-refractivity contribution is 0.596. The maximum atomic E-state index is 4.26. The molecule has 3 heteroatoms. The van der Waals surface area contributed by atoms with E-state index >= 15 is 0 Å². The number of benzene rings is 1. The Labute approximate surface area is 113 Å². The predicted octanol–water partition coefficient (Wildman–Crippen LogP) is 3.73. The van der Waals surface area contributed by atoms with Crippen LogP contribution in [-0.2, 0) is 6.54 Å². The normalized spacial score (nSPS) is 12.6. The maximum absolute atomic E-state index is 4.26. The first-order valence-electron chi connectivity index (χ1n) is 6.42. The van der Waals surface area contributed by atoms with E-state index in [1.54, 1.807) is 11.3 Å². The van der Waals surface area contributed by atoms with Gasteiger partial charge in [0.05, 0.1) is 11.2 Å². The summed E-state index contributed by atoms with van der Waals surface area (Å²) < 4.78 is 0. The van der Waals surface area contributed by atoms with Crippen LogP contribution in [0, 0.1) is 6.92 Å². The Bertz CT molecular complexity index is 464. The van der Waals surface area contributed by atoms with E-state index < -0.39 is 0 Å². The molecular weight excluding hydrogens is 240 g/mol. The highest BCUT2D eigenvalue weighted by Gasteiger charge is 2.05. The number of nitrogens with zero attached hydrogens (tertiary/aromatic N) is 1. The highest BCUT2D eigenvalue weighted by atomic mass is 32.1. The van der Waals surface area contributed by atoms with E-state index in [0.29, 0.717) is 5.92 Å². The molecule has 0 fully saturated rings. The monoisotopic (exact) mass is 260 g/mol. The zero-order chi connectivity index (χ0) is 12.8. The van der Waals surface area contributed by atoms with Gasteiger partial charge in [-0.2, -0.15) is 0 Å². The summed E-state index contributed by atoms with van der Waals surface area (Å²) in [4.78, 5) is 5.61. The van der Waals surface area contributed by atoms with Crippen LogP contribution >= 0.6 is 11.3 Å². The first-order chi connectivity index (χ1) is 8.77. The SMILES string of the molecule is Cc1ncsc1CNCCC(C)c1ccccc1. The molecular formula is C15H20N2S. The number of aryl methyl sites for hydroxylation is 1. The summed E-state index contributed by atoms with van der Waals surface area (Å²) in [6.07, 6.45) is 1.17. The molecule has 1 heterocycles. The van der Waals surface area contributed by atoms with Crippen molar-refractivity contribution in [1.82, 2.24) is 10.3 Å². The van der Waals surface area contributed by atoms with Crippen molar-refractivity contribution in [3.8, 4) is 0 Å². The minimum atomic E-state index is 0.612. The summed E-state index contributed by atoms with van der Waals surface area (Å²) in [5.74, 6) is 0.612. The first kappa shape index (κ1) is 13.2. The average molecular weight is 260 g/mol. The molecule has 2 rings (SSSR count). The summed E-state index contributed by atoms with van der Waals surface area (Å²) in [6, 6.07) is 10.7. The van der Waals surface area contributed by atoms with Crippen LogP contribution in [0.5, 0.6) is 0 Å². The summed E-state index contributed by atoms with van der Waals surface area (Å²) in [7, 11) is 0. The standard InChI is InChI=1S/C15H20N2S/c1-12(14-6-4-3-5-7-14)8-9-16-10-15-13(2)17-11-18-15/h3-7,11-12,16H,8-10H2,1-2H3. The summed E-state index contributed by atoms with van der Waals surface area (Å²) in [5, 5.41) is 3.50. The van der Waals surface area contributed by atoms with Gasteiger partial charge in [0.25, 0.3) is 0 Å². The van der Waals surface area contributed by atoms with Crippen LogP contribution in [0.1, 0.15) is 35.4 Å². The van der Waals surface area contributed by atoms with Crippen LogP contribution in [-0.4, -0.2) is 11.5 Å². The lowest BCUT2D eigenvalue weighted by Crippen LogP contribution is -2.16. The molecule has 1 aromatic heterocycles. The van der Waals surface area contributed by atoms with Gasteiger partial charge < -0.3 is 5.32 Å². The molecule has 0 aliphatic heterocycles. The number of hydrogen-bond donors (Lipinski definition) is 1. The average Bonchev–Trinajstić information content (AvgIpc) is 2.81. The Morgan fingerprint density at radius 3 is 2.72 bits per heavy atom. The lowest BCUT2D eigenvalue weighted by atomic mass is 9.98. The minimum Gasteiger partial charge on any atom is -0.312 e. The van der Waals surface area contributed by atoms with Crippen LogP contribution in [0.15, 0.2) is 35.8 Å². The Morgan fingerprint density at radius 2 is 2.06 bits per heavy atom. The maximum Gasteiger partial charge on any atom is 0.0798 e. The van der Waals surface area contributed by atoms with E-state index in [2.05, 4.69) is 54.5 Å². The summed E-state index contributed by atoms with van der Waals surface area (Å²) in [6.45, 7) is 6.35. The van der Waals surface area contributed by atoms with Gasteiger partial charge in [0.1, 0.15) is 0 Å². The number of rotatable bonds is 6. The van der Waals surface area contributed by atoms with Gasteiger partial charge in [0.2, 0.25) is 0 Å². The van der Waals surface area contributed by atoms with E-state index in [0.717, 1.165) is 18.8 Å². The van der Waals surface area contributed by atoms with Crippen molar-refractivity contribution >= 4 is 11.3 Å². The minimum absolute atomic E-state index is 0.612. The van der Waals surface area contributed by atoms with E-state index in [9.17, 15) is 0 Å². The molecule has 96 valence electrons. The van der Waals surface area contributed by atoms with Crippen molar-refractivity contribution in [2.24, 2.45) is 0 Å². The molecule has 1 unspecified atom stereocenters. The van der Waals surface area contributed by atoms with Crippen molar-refractivity contribution in [1.29, 1.82) is 0 Å². The van der Waals surface area contributed by atoms with Crippen LogP contribution in [0.2, 0.25) is 0 Å². The van der Waals surface area contributed by atoms with Gasteiger partial charge >= 0.3 is 0 Å². The molecule has 2 aromatic rings. The highest BCUT2D eigenvalue weighted by Crippen LogP contribution is 2.18. The molecule has 2 nitrogen and oxygen atoms in total. The Hall–Kier alpha value is -1.19. The third-order valence-corrected chi connectivity index (χ3v) is 4.19. The van der Waals surface area contributed by atoms with Crippen molar-refractivity contribution in [2.75, 3.05) is 6.54 Å². The zero-order valence-corrected chi connectivity index (χ0v) is 11.8. The van der Waals surface area contributed by atoms with E-state index in [4.69, 9.17) is 0 Å². The number of nitrogens with one attached hydrogen (secondary N) is 1. The van der Waals surface area contributed by atoms with Crippen LogP contribution in [0.3, 0.4) is 0 Å². The van der Waals surface area contributed by atoms with Gasteiger partial charge in [-0.25, -0.2) is 4.98 Å². The molecule has 0 aliphatic rings. The van der Waals surface area contributed by atoms with Crippen molar-refractivity contribution in [3.63, 3.8) is 0 Å². The number of thiazole rings is 1. The summed E-state index contributed by atoms with van der Waals surface area (Å²) in [5.41, 5.74) is 4.50. The molecule has 0 spiro atoms. The van der Waals surface area contributed by atoms with Gasteiger partial charge in [-0.3, -0.25) is 0 Å². The topological polar surface area (TPSA) is 24.9 Å².